The molecule has 0 spiro atoms. The van der Waals surface area contributed by atoms with Crippen molar-refractivity contribution in [2.45, 2.75) is 13.3 Å². The molecule has 0 aliphatic carbocycles. The Kier molecular flexibility index (Phi) is 3.97. The Morgan fingerprint density at radius 1 is 1.50 bits per heavy atom. The molecule has 0 bridgehead atoms. The van der Waals surface area contributed by atoms with Gasteiger partial charge in [0.1, 0.15) is 11.5 Å². The predicted molar refractivity (Wildman–Crippen MR) is 73.2 cm³/mol. The van der Waals surface area contributed by atoms with E-state index in [0.717, 1.165) is 11.6 Å². The lowest BCUT2D eigenvalue weighted by molar-refractivity contribution is -0.384. The summed E-state index contributed by atoms with van der Waals surface area (Å²) in [4.78, 5) is 10.3. The summed E-state index contributed by atoms with van der Waals surface area (Å²) in [7, 11) is 1.82. The predicted octanol–water partition coefficient (Wildman–Crippen LogP) is 2.43. The van der Waals surface area contributed by atoms with Crippen molar-refractivity contribution in [3.05, 3.63) is 51.6 Å². The molecule has 7 heteroatoms. The van der Waals surface area contributed by atoms with E-state index in [1.54, 1.807) is 17.8 Å². The Labute approximate surface area is 115 Å². The molecule has 2 aromatic rings. The zero-order chi connectivity index (χ0) is 14.7. The van der Waals surface area contributed by atoms with Gasteiger partial charge < -0.3 is 5.32 Å². The largest absolute Gasteiger partial charge is 0.379 e. The molecule has 1 heterocycles. The third-order valence-corrected chi connectivity index (χ3v) is 2.96. The van der Waals surface area contributed by atoms with Crippen LogP contribution in [0.1, 0.15) is 11.1 Å². The van der Waals surface area contributed by atoms with Crippen molar-refractivity contribution in [1.82, 2.24) is 9.78 Å². The van der Waals surface area contributed by atoms with Gasteiger partial charge in [-0.3, -0.25) is 14.8 Å². The molecule has 1 aromatic heterocycles. The van der Waals surface area contributed by atoms with E-state index in [4.69, 9.17) is 0 Å². The van der Waals surface area contributed by atoms with E-state index in [1.807, 2.05) is 13.2 Å². The second-order valence-electron chi connectivity index (χ2n) is 4.57. The molecule has 6 nitrogen and oxygen atoms in total. The summed E-state index contributed by atoms with van der Waals surface area (Å²) in [6.45, 7) is 2.09. The van der Waals surface area contributed by atoms with Crippen LogP contribution >= 0.6 is 0 Å². The number of halogens is 1. The highest BCUT2D eigenvalue weighted by molar-refractivity contribution is 5.63. The van der Waals surface area contributed by atoms with Crippen molar-refractivity contribution >= 4 is 11.4 Å². The van der Waals surface area contributed by atoms with E-state index in [1.165, 1.54) is 6.07 Å². The monoisotopic (exact) mass is 278 g/mol. The van der Waals surface area contributed by atoms with Crippen LogP contribution in [0.25, 0.3) is 0 Å². The fourth-order valence-corrected chi connectivity index (χ4v) is 1.91. The summed E-state index contributed by atoms with van der Waals surface area (Å²) in [5.74, 6) is -0.575. The van der Waals surface area contributed by atoms with Gasteiger partial charge in [-0.25, -0.2) is 4.39 Å². The quantitative estimate of drug-likeness (QED) is 0.673. The van der Waals surface area contributed by atoms with Gasteiger partial charge in [-0.1, -0.05) is 0 Å². The number of nitro benzene ring substituents is 1. The fourth-order valence-electron chi connectivity index (χ4n) is 1.91. The lowest BCUT2D eigenvalue weighted by Crippen LogP contribution is -2.07. The van der Waals surface area contributed by atoms with Crippen molar-refractivity contribution in [3.63, 3.8) is 0 Å². The van der Waals surface area contributed by atoms with Crippen LogP contribution < -0.4 is 5.32 Å². The van der Waals surface area contributed by atoms with Crippen molar-refractivity contribution in [2.75, 3.05) is 11.9 Å². The number of nitrogens with one attached hydrogen (secondary N) is 1. The number of hydrogen-bond acceptors (Lipinski definition) is 4. The Balaban J connectivity index is 2.08. The van der Waals surface area contributed by atoms with Crippen molar-refractivity contribution in [2.24, 2.45) is 7.05 Å². The zero-order valence-electron chi connectivity index (χ0n) is 11.3. The molecule has 1 N–H and O–H groups in total. The first kappa shape index (κ1) is 14.0. The molecule has 20 heavy (non-hydrogen) atoms. The van der Waals surface area contributed by atoms with Crippen LogP contribution in [0.3, 0.4) is 0 Å². The lowest BCUT2D eigenvalue weighted by Gasteiger charge is -2.08. The lowest BCUT2D eigenvalue weighted by atomic mass is 10.1. The average Bonchev–Trinajstić information content (AvgIpc) is 2.79. The van der Waals surface area contributed by atoms with E-state index < -0.39 is 10.7 Å². The third-order valence-electron chi connectivity index (χ3n) is 2.96. The van der Waals surface area contributed by atoms with E-state index in [0.29, 0.717) is 24.2 Å². The van der Waals surface area contributed by atoms with Gasteiger partial charge in [0.15, 0.2) is 0 Å². The summed E-state index contributed by atoms with van der Waals surface area (Å²) in [5, 5.41) is 17.9. The second-order valence-corrected chi connectivity index (χ2v) is 4.57. The highest BCUT2D eigenvalue weighted by Crippen LogP contribution is 2.27. The highest BCUT2D eigenvalue weighted by atomic mass is 19.1. The molecule has 0 unspecified atom stereocenters. The maximum Gasteiger partial charge on any atom is 0.295 e. The number of benzene rings is 1. The number of nitrogens with zero attached hydrogens (tertiary/aromatic N) is 3. The van der Waals surface area contributed by atoms with Crippen LogP contribution in [0.4, 0.5) is 15.8 Å². The number of rotatable bonds is 5. The van der Waals surface area contributed by atoms with Crippen LogP contribution in [0.5, 0.6) is 0 Å². The average molecular weight is 278 g/mol. The minimum Gasteiger partial charge on any atom is -0.379 e. The molecule has 0 fully saturated rings. The number of hydrogen-bond donors (Lipinski definition) is 1. The number of nitro groups is 1. The molecule has 0 aliphatic heterocycles. The number of anilines is 1. The summed E-state index contributed by atoms with van der Waals surface area (Å²) >= 11 is 0. The Morgan fingerprint density at radius 3 is 2.85 bits per heavy atom. The molecule has 0 atom stereocenters. The first-order valence-corrected chi connectivity index (χ1v) is 6.13. The van der Waals surface area contributed by atoms with Crippen LogP contribution in [0, 0.1) is 22.9 Å². The molecule has 0 saturated heterocycles. The van der Waals surface area contributed by atoms with Gasteiger partial charge in [0.2, 0.25) is 0 Å². The Hall–Kier alpha value is -2.44. The molecular formula is C13H15FN4O2. The Bertz CT molecular complexity index is 639. The van der Waals surface area contributed by atoms with Crippen molar-refractivity contribution in [3.8, 4) is 0 Å². The zero-order valence-corrected chi connectivity index (χ0v) is 11.3. The standard InChI is InChI=1S/C13H15FN4O2/c1-9-5-12(13(18(19)20)6-11(9)14)15-4-3-10-7-16-17(2)8-10/h5-8,15H,3-4H2,1-2H3. The molecule has 0 radical (unpaired) electrons. The van der Waals surface area contributed by atoms with E-state index in [-0.39, 0.29) is 5.69 Å². The molecule has 0 saturated carbocycles. The first-order valence-electron chi connectivity index (χ1n) is 6.13. The van der Waals surface area contributed by atoms with Crippen LogP contribution in [0.15, 0.2) is 24.5 Å². The topological polar surface area (TPSA) is 73.0 Å². The van der Waals surface area contributed by atoms with Crippen LogP contribution in [-0.2, 0) is 13.5 Å². The third kappa shape index (κ3) is 3.11. The van der Waals surface area contributed by atoms with E-state index in [2.05, 4.69) is 10.4 Å². The van der Waals surface area contributed by atoms with Crippen molar-refractivity contribution < 1.29 is 9.31 Å². The van der Waals surface area contributed by atoms with E-state index in [9.17, 15) is 14.5 Å². The summed E-state index contributed by atoms with van der Waals surface area (Å²) in [6.07, 6.45) is 4.30. The summed E-state index contributed by atoms with van der Waals surface area (Å²) < 4.78 is 15.1. The summed E-state index contributed by atoms with van der Waals surface area (Å²) in [5.41, 5.74) is 1.48. The normalized spacial score (nSPS) is 10.6. The second kappa shape index (κ2) is 5.68. The maximum absolute atomic E-state index is 13.4. The van der Waals surface area contributed by atoms with Gasteiger partial charge in [-0.05, 0) is 30.5 Å². The minimum atomic E-state index is -0.588. The van der Waals surface area contributed by atoms with Crippen LogP contribution in [0.2, 0.25) is 0 Å². The molecule has 0 aliphatic rings. The molecule has 1 aromatic carbocycles. The minimum absolute atomic E-state index is 0.251. The Morgan fingerprint density at radius 2 is 2.25 bits per heavy atom. The van der Waals surface area contributed by atoms with Crippen LogP contribution in [-0.4, -0.2) is 21.2 Å². The SMILES string of the molecule is Cc1cc(NCCc2cnn(C)c2)c([N+](=O)[O-])cc1F. The van der Waals surface area contributed by atoms with Crippen molar-refractivity contribution in [1.29, 1.82) is 0 Å². The van der Waals surface area contributed by atoms with Gasteiger partial charge in [0.25, 0.3) is 5.69 Å². The van der Waals surface area contributed by atoms with Gasteiger partial charge in [-0.2, -0.15) is 5.10 Å². The summed E-state index contributed by atoms with van der Waals surface area (Å²) in [6, 6.07) is 2.40. The maximum atomic E-state index is 13.4. The molecule has 0 amide bonds. The molecular weight excluding hydrogens is 263 g/mol. The first-order chi connectivity index (χ1) is 9.47. The highest BCUT2D eigenvalue weighted by Gasteiger charge is 2.16. The van der Waals surface area contributed by atoms with Gasteiger partial charge in [-0.15, -0.1) is 0 Å². The number of aryl methyl sites for hydroxylation is 2. The van der Waals surface area contributed by atoms with Gasteiger partial charge in [0.05, 0.1) is 17.2 Å². The van der Waals surface area contributed by atoms with Gasteiger partial charge in [0, 0.05) is 19.8 Å². The number of aromatic nitrogens is 2. The smallest absolute Gasteiger partial charge is 0.295 e. The fraction of sp³-hybridized carbons (Fsp3) is 0.308. The molecule has 106 valence electrons. The van der Waals surface area contributed by atoms with E-state index >= 15 is 0 Å². The van der Waals surface area contributed by atoms with Gasteiger partial charge >= 0.3 is 0 Å². The molecule has 2 rings (SSSR count).